The molecule has 2 aromatic carbocycles. The molecule has 5 rings (SSSR count). The van der Waals surface area contributed by atoms with Gasteiger partial charge in [-0.1, -0.05) is 33.6 Å². The van der Waals surface area contributed by atoms with Crippen molar-refractivity contribution in [2.75, 3.05) is 12.1 Å². The van der Waals surface area contributed by atoms with Gasteiger partial charge in [0.15, 0.2) is 23.0 Å². The van der Waals surface area contributed by atoms with Gasteiger partial charge in [0.05, 0.1) is 11.0 Å². The Balaban J connectivity index is 1.78. The van der Waals surface area contributed by atoms with E-state index >= 15 is 0 Å². The van der Waals surface area contributed by atoms with Crippen molar-refractivity contribution in [3.63, 3.8) is 0 Å². The number of aliphatic hydroxyl groups is 1. The summed E-state index contributed by atoms with van der Waals surface area (Å²) in [6.45, 7) is 0. The van der Waals surface area contributed by atoms with Crippen molar-refractivity contribution in [1.29, 1.82) is 0 Å². The predicted octanol–water partition coefficient (Wildman–Crippen LogP) is 4.36. The van der Waals surface area contributed by atoms with Crippen LogP contribution in [0, 0.1) is 0 Å². The molecule has 2 aliphatic rings. The average molecular weight is 432 g/mol. The molecule has 3 heterocycles. The molecule has 8 heteroatoms. The van der Waals surface area contributed by atoms with Gasteiger partial charge in [0, 0.05) is 22.1 Å². The molecule has 0 aliphatic carbocycles. The number of benzene rings is 2. The largest absolute Gasteiger partial charge is 0.506 e. The van der Waals surface area contributed by atoms with Crippen LogP contribution in [0.5, 0.6) is 5.75 Å². The second kappa shape index (κ2) is 5.57. The van der Waals surface area contributed by atoms with Gasteiger partial charge in [0.1, 0.15) is 11.8 Å². The second-order valence-electron chi connectivity index (χ2n) is 6.15. The van der Waals surface area contributed by atoms with Crippen LogP contribution in [0.4, 0.5) is 5.82 Å². The highest BCUT2D eigenvalue weighted by atomic mass is 79.9. The maximum absolute atomic E-state index is 10.8. The summed E-state index contributed by atoms with van der Waals surface area (Å²) in [7, 11) is 1.84. The maximum Gasteiger partial charge on any atom is 0.196 e. The standard InChI is InChI=1S/C18H12BrClN4O2/c1-24-18-15(21-12-7-9(20)3-5-11(12)22-18)17-16(25)14(23-24)10-4-2-8(19)6-13(10)26-17/h2-7,14,23,25H,1H3. The Hall–Kier alpha value is -2.35. The van der Waals surface area contributed by atoms with E-state index in [2.05, 4.69) is 31.3 Å². The van der Waals surface area contributed by atoms with Gasteiger partial charge in [-0.3, -0.25) is 5.01 Å². The molecule has 0 fully saturated rings. The van der Waals surface area contributed by atoms with Crippen molar-refractivity contribution in [2.45, 2.75) is 6.04 Å². The summed E-state index contributed by atoms with van der Waals surface area (Å²) in [5, 5.41) is 13.2. The van der Waals surface area contributed by atoms with Crippen LogP contribution in [-0.2, 0) is 0 Å². The molecule has 0 spiro atoms. The minimum atomic E-state index is -0.449. The van der Waals surface area contributed by atoms with Crippen molar-refractivity contribution < 1.29 is 9.84 Å². The third-order valence-electron chi connectivity index (χ3n) is 4.47. The zero-order valence-electron chi connectivity index (χ0n) is 13.5. The number of aromatic nitrogens is 2. The number of nitrogens with one attached hydrogen (secondary N) is 1. The second-order valence-corrected chi connectivity index (χ2v) is 7.50. The van der Waals surface area contributed by atoms with Crippen LogP contribution in [0.25, 0.3) is 16.8 Å². The van der Waals surface area contributed by atoms with Gasteiger partial charge in [-0.15, -0.1) is 0 Å². The van der Waals surface area contributed by atoms with E-state index < -0.39 is 6.04 Å². The molecule has 26 heavy (non-hydrogen) atoms. The molecular weight excluding hydrogens is 420 g/mol. The Morgan fingerprint density at radius 3 is 2.88 bits per heavy atom. The Bertz CT molecular complexity index is 1120. The number of nitrogens with zero attached hydrogens (tertiary/aromatic N) is 3. The van der Waals surface area contributed by atoms with Gasteiger partial charge in [0.2, 0.25) is 0 Å². The van der Waals surface area contributed by atoms with Gasteiger partial charge in [-0.25, -0.2) is 15.4 Å². The van der Waals surface area contributed by atoms with Crippen LogP contribution in [0.3, 0.4) is 0 Å². The zero-order chi connectivity index (χ0) is 18.0. The topological polar surface area (TPSA) is 70.5 Å². The lowest BCUT2D eigenvalue weighted by molar-refractivity contribution is 0.309. The van der Waals surface area contributed by atoms with Gasteiger partial charge < -0.3 is 9.84 Å². The van der Waals surface area contributed by atoms with Crippen molar-refractivity contribution in [2.24, 2.45) is 0 Å². The van der Waals surface area contributed by atoms with E-state index in [1.54, 1.807) is 17.1 Å². The molecule has 0 amide bonds. The summed E-state index contributed by atoms with van der Waals surface area (Å²) in [5.41, 5.74) is 5.90. The first-order chi connectivity index (χ1) is 12.5. The van der Waals surface area contributed by atoms with Crippen LogP contribution < -0.4 is 15.2 Å². The van der Waals surface area contributed by atoms with Gasteiger partial charge in [0.25, 0.3) is 0 Å². The van der Waals surface area contributed by atoms with E-state index in [1.807, 2.05) is 31.3 Å². The molecular formula is C18H12BrClN4O2. The highest BCUT2D eigenvalue weighted by Crippen LogP contribution is 2.44. The first-order valence-electron chi connectivity index (χ1n) is 7.89. The number of aliphatic hydroxyl groups excluding tert-OH is 1. The zero-order valence-corrected chi connectivity index (χ0v) is 15.8. The highest BCUT2D eigenvalue weighted by Gasteiger charge is 2.37. The van der Waals surface area contributed by atoms with E-state index in [9.17, 15) is 5.11 Å². The van der Waals surface area contributed by atoms with Crippen LogP contribution in [0.15, 0.2) is 46.6 Å². The summed E-state index contributed by atoms with van der Waals surface area (Å²) in [6.07, 6.45) is 0. The third-order valence-corrected chi connectivity index (χ3v) is 5.20. The smallest absolute Gasteiger partial charge is 0.196 e. The van der Waals surface area contributed by atoms with E-state index in [0.29, 0.717) is 39.1 Å². The summed E-state index contributed by atoms with van der Waals surface area (Å²) >= 11 is 9.55. The number of halogens is 2. The fraction of sp³-hybridized carbons (Fsp3) is 0.111. The SMILES string of the molecule is CN1NC2C(O)=C(Oc3cc(Br)ccc32)c2nc3cc(Cl)ccc3nc21. The minimum Gasteiger partial charge on any atom is -0.506 e. The van der Waals surface area contributed by atoms with Crippen LogP contribution in [-0.4, -0.2) is 22.1 Å². The molecule has 1 atom stereocenters. The summed E-state index contributed by atoms with van der Waals surface area (Å²) in [6, 6.07) is 10.6. The van der Waals surface area contributed by atoms with Crippen molar-refractivity contribution in [3.05, 3.63) is 62.9 Å². The fourth-order valence-electron chi connectivity index (χ4n) is 3.24. The van der Waals surface area contributed by atoms with Crippen molar-refractivity contribution in [1.82, 2.24) is 15.4 Å². The van der Waals surface area contributed by atoms with E-state index in [4.69, 9.17) is 16.3 Å². The number of anilines is 1. The average Bonchev–Trinajstić information content (AvgIpc) is 2.67. The van der Waals surface area contributed by atoms with E-state index in [0.717, 1.165) is 10.0 Å². The number of hydrogen-bond acceptors (Lipinski definition) is 6. The summed E-state index contributed by atoms with van der Waals surface area (Å²) in [4.78, 5) is 9.35. The summed E-state index contributed by atoms with van der Waals surface area (Å²) in [5.74, 6) is 1.58. The normalized spacial score (nSPS) is 18.3. The lowest BCUT2D eigenvalue weighted by Gasteiger charge is -2.27. The molecule has 0 saturated carbocycles. The number of ether oxygens (including phenoxy) is 1. The maximum atomic E-state index is 10.8. The molecule has 3 aromatic rings. The van der Waals surface area contributed by atoms with Crippen molar-refractivity contribution in [3.8, 4) is 5.75 Å². The highest BCUT2D eigenvalue weighted by molar-refractivity contribution is 9.10. The quantitative estimate of drug-likeness (QED) is 0.551. The van der Waals surface area contributed by atoms with Gasteiger partial charge in [-0.2, -0.15) is 0 Å². The lowest BCUT2D eigenvalue weighted by atomic mass is 10.0. The van der Waals surface area contributed by atoms with Crippen LogP contribution >= 0.6 is 27.5 Å². The molecule has 1 unspecified atom stereocenters. The van der Waals surface area contributed by atoms with Gasteiger partial charge in [-0.05, 0) is 30.3 Å². The number of hydrogen-bond donors (Lipinski definition) is 2. The molecule has 2 aliphatic heterocycles. The van der Waals surface area contributed by atoms with Gasteiger partial charge >= 0.3 is 0 Å². The molecule has 2 bridgehead atoms. The van der Waals surface area contributed by atoms with Crippen LogP contribution in [0.2, 0.25) is 5.02 Å². The Kier molecular flexibility index (Phi) is 3.40. The van der Waals surface area contributed by atoms with E-state index in [1.165, 1.54) is 0 Å². The van der Waals surface area contributed by atoms with Crippen molar-refractivity contribution >= 4 is 50.1 Å². The first-order valence-corrected chi connectivity index (χ1v) is 9.06. The molecule has 130 valence electrons. The molecule has 0 radical (unpaired) electrons. The predicted molar refractivity (Wildman–Crippen MR) is 103 cm³/mol. The minimum absolute atomic E-state index is 0.0705. The number of hydrazine groups is 1. The Morgan fingerprint density at radius 2 is 2.04 bits per heavy atom. The lowest BCUT2D eigenvalue weighted by Crippen LogP contribution is -2.38. The molecule has 1 aromatic heterocycles. The number of fused-ring (bicyclic) bond motifs is 6. The third kappa shape index (κ3) is 2.28. The molecule has 6 nitrogen and oxygen atoms in total. The first kappa shape index (κ1) is 15.9. The summed E-state index contributed by atoms with van der Waals surface area (Å²) < 4.78 is 6.92. The monoisotopic (exact) mass is 430 g/mol. The molecule has 0 saturated heterocycles. The molecule has 2 N–H and O–H groups in total. The Labute approximate surface area is 162 Å². The fourth-order valence-corrected chi connectivity index (χ4v) is 3.74. The number of rotatable bonds is 0. The Morgan fingerprint density at radius 1 is 1.19 bits per heavy atom. The van der Waals surface area contributed by atoms with E-state index in [-0.39, 0.29) is 5.76 Å². The van der Waals surface area contributed by atoms with Crippen LogP contribution in [0.1, 0.15) is 17.3 Å².